The summed E-state index contributed by atoms with van der Waals surface area (Å²) >= 11 is 6.13. The summed E-state index contributed by atoms with van der Waals surface area (Å²) in [6.07, 6.45) is 4.20. The molecule has 34 heavy (non-hydrogen) atoms. The minimum atomic E-state index is -3.21. The van der Waals surface area contributed by atoms with Gasteiger partial charge in [-0.15, -0.1) is 0 Å². The number of aliphatic hydroxyl groups is 1. The Hall–Kier alpha value is -1.48. The third-order valence-corrected chi connectivity index (χ3v) is 8.09. The second-order valence-electron chi connectivity index (χ2n) is 8.95. The third-order valence-electron chi connectivity index (χ3n) is 6.37. The number of nitrogens with zero attached hydrogens (tertiary/aromatic N) is 2. The minimum Gasteiger partial charge on any atom is -0.396 e. The lowest BCUT2D eigenvalue weighted by Gasteiger charge is -2.40. The Bertz CT molecular complexity index is 934. The number of nitrogens with one attached hydrogen (secondary N) is 1. The van der Waals surface area contributed by atoms with Gasteiger partial charge in [0.05, 0.1) is 11.8 Å². The standard InChI is InChI=1S/C26H38ClN3O3S/c27-25-13-11-24(12-14-25)26(23-9-4-3-5-10-23)30-19-17-29(18-20-30)16-6-1-2-7-22-34(32,33)28-15-8-21-31/h3-5,9-14,26,28,31H,1-2,6-8,15-22H2. The van der Waals surface area contributed by atoms with E-state index in [9.17, 15) is 8.42 Å². The number of hydrogen-bond donors (Lipinski definition) is 2. The Morgan fingerprint density at radius 1 is 0.853 bits per heavy atom. The fourth-order valence-corrected chi connectivity index (χ4v) is 5.81. The zero-order valence-electron chi connectivity index (χ0n) is 19.9. The molecule has 0 saturated carbocycles. The van der Waals surface area contributed by atoms with Gasteiger partial charge in [-0.25, -0.2) is 13.1 Å². The van der Waals surface area contributed by atoms with E-state index < -0.39 is 10.0 Å². The Labute approximate surface area is 210 Å². The van der Waals surface area contributed by atoms with Crippen LogP contribution in [0.2, 0.25) is 5.02 Å². The van der Waals surface area contributed by atoms with E-state index in [0.29, 0.717) is 19.4 Å². The first-order chi connectivity index (χ1) is 16.5. The molecule has 2 N–H and O–H groups in total. The van der Waals surface area contributed by atoms with Gasteiger partial charge in [-0.3, -0.25) is 4.90 Å². The molecule has 1 aliphatic heterocycles. The number of aliphatic hydroxyl groups excluding tert-OH is 1. The van der Waals surface area contributed by atoms with Gasteiger partial charge in [0.1, 0.15) is 0 Å². The van der Waals surface area contributed by atoms with Crippen molar-refractivity contribution in [2.75, 3.05) is 51.6 Å². The number of sulfonamides is 1. The lowest BCUT2D eigenvalue weighted by Crippen LogP contribution is -2.48. The van der Waals surface area contributed by atoms with Crippen LogP contribution in [0.25, 0.3) is 0 Å². The average molecular weight is 508 g/mol. The van der Waals surface area contributed by atoms with Crippen molar-refractivity contribution >= 4 is 21.6 Å². The minimum absolute atomic E-state index is 0.00478. The summed E-state index contributed by atoms with van der Waals surface area (Å²) in [7, 11) is -3.21. The van der Waals surface area contributed by atoms with E-state index in [4.69, 9.17) is 16.7 Å². The highest BCUT2D eigenvalue weighted by atomic mass is 35.5. The lowest BCUT2D eigenvalue weighted by atomic mass is 9.96. The van der Waals surface area contributed by atoms with Crippen LogP contribution in [0.1, 0.15) is 49.3 Å². The molecule has 1 unspecified atom stereocenters. The summed E-state index contributed by atoms with van der Waals surface area (Å²) in [5, 5.41) is 9.51. The maximum Gasteiger partial charge on any atom is 0.211 e. The highest BCUT2D eigenvalue weighted by Crippen LogP contribution is 2.30. The van der Waals surface area contributed by atoms with Crippen LogP contribution in [-0.2, 0) is 10.0 Å². The zero-order chi connectivity index (χ0) is 24.2. The van der Waals surface area contributed by atoms with E-state index in [0.717, 1.165) is 57.0 Å². The molecular weight excluding hydrogens is 470 g/mol. The van der Waals surface area contributed by atoms with E-state index in [1.807, 2.05) is 12.1 Å². The highest BCUT2D eigenvalue weighted by Gasteiger charge is 2.26. The highest BCUT2D eigenvalue weighted by molar-refractivity contribution is 7.89. The van der Waals surface area contributed by atoms with Crippen molar-refractivity contribution in [2.45, 2.75) is 38.1 Å². The quantitative estimate of drug-likeness (QED) is 0.379. The molecule has 6 nitrogen and oxygen atoms in total. The van der Waals surface area contributed by atoms with E-state index in [1.165, 1.54) is 11.1 Å². The molecule has 0 amide bonds. The van der Waals surface area contributed by atoms with Crippen LogP contribution in [0.15, 0.2) is 54.6 Å². The van der Waals surface area contributed by atoms with Gasteiger partial charge in [-0.1, -0.05) is 66.9 Å². The van der Waals surface area contributed by atoms with Gasteiger partial charge in [0, 0.05) is 44.4 Å². The molecule has 1 aliphatic rings. The molecule has 0 radical (unpaired) electrons. The number of hydrogen-bond acceptors (Lipinski definition) is 5. The molecule has 1 saturated heterocycles. The fourth-order valence-electron chi connectivity index (χ4n) is 4.50. The lowest BCUT2D eigenvalue weighted by molar-refractivity contribution is 0.108. The summed E-state index contributed by atoms with van der Waals surface area (Å²) in [6, 6.07) is 19.1. The monoisotopic (exact) mass is 507 g/mol. The van der Waals surface area contributed by atoms with Crippen LogP contribution in [0.4, 0.5) is 0 Å². The molecule has 0 aliphatic carbocycles. The van der Waals surface area contributed by atoms with E-state index in [-0.39, 0.29) is 18.4 Å². The molecule has 2 aromatic rings. The summed E-state index contributed by atoms with van der Waals surface area (Å²) in [6.45, 7) is 5.49. The normalized spacial score (nSPS) is 16.5. The summed E-state index contributed by atoms with van der Waals surface area (Å²) in [5.41, 5.74) is 2.57. The van der Waals surface area contributed by atoms with E-state index in [2.05, 4.69) is 57.0 Å². The Balaban J connectivity index is 1.40. The van der Waals surface area contributed by atoms with Gasteiger partial charge in [0.25, 0.3) is 0 Å². The molecule has 8 heteroatoms. The van der Waals surface area contributed by atoms with Crippen molar-refractivity contribution in [1.29, 1.82) is 0 Å². The first kappa shape index (κ1) is 27.1. The van der Waals surface area contributed by atoms with Crippen LogP contribution in [0.5, 0.6) is 0 Å². The molecule has 188 valence electrons. The van der Waals surface area contributed by atoms with Gasteiger partial charge >= 0.3 is 0 Å². The molecule has 3 rings (SSSR count). The second-order valence-corrected chi connectivity index (χ2v) is 11.3. The zero-order valence-corrected chi connectivity index (χ0v) is 21.5. The first-order valence-corrected chi connectivity index (χ1v) is 14.4. The molecule has 0 bridgehead atoms. The van der Waals surface area contributed by atoms with Gasteiger partial charge < -0.3 is 10.0 Å². The summed E-state index contributed by atoms with van der Waals surface area (Å²) in [4.78, 5) is 5.08. The van der Waals surface area contributed by atoms with Crippen molar-refractivity contribution in [3.63, 3.8) is 0 Å². The Morgan fingerprint density at radius 2 is 1.50 bits per heavy atom. The van der Waals surface area contributed by atoms with Gasteiger partial charge in [-0.05, 0) is 49.1 Å². The van der Waals surface area contributed by atoms with Crippen LogP contribution in [0.3, 0.4) is 0 Å². The molecule has 2 aromatic carbocycles. The van der Waals surface area contributed by atoms with Crippen LogP contribution in [0, 0.1) is 0 Å². The van der Waals surface area contributed by atoms with Gasteiger partial charge in [-0.2, -0.15) is 0 Å². The predicted octanol–water partition coefficient (Wildman–Crippen LogP) is 3.91. The second kappa shape index (κ2) is 14.2. The number of rotatable bonds is 14. The van der Waals surface area contributed by atoms with Crippen molar-refractivity contribution in [1.82, 2.24) is 14.5 Å². The summed E-state index contributed by atoms with van der Waals surface area (Å²) in [5.74, 6) is 0.169. The summed E-state index contributed by atoms with van der Waals surface area (Å²) < 4.78 is 26.3. The molecule has 0 spiro atoms. The van der Waals surface area contributed by atoms with E-state index in [1.54, 1.807) is 0 Å². The SMILES string of the molecule is O=S(=O)(CCCCCCN1CCN(C(c2ccccc2)c2ccc(Cl)cc2)CC1)NCCCO. The first-order valence-electron chi connectivity index (χ1n) is 12.3. The molecule has 1 atom stereocenters. The molecule has 1 fully saturated rings. The Kier molecular flexibility index (Phi) is 11.3. The van der Waals surface area contributed by atoms with Gasteiger partial charge in [0.2, 0.25) is 10.0 Å². The Morgan fingerprint density at radius 3 is 2.18 bits per heavy atom. The number of halogens is 1. The number of benzene rings is 2. The van der Waals surface area contributed by atoms with Crippen molar-refractivity contribution in [3.8, 4) is 0 Å². The molecule has 0 aromatic heterocycles. The predicted molar refractivity (Wildman–Crippen MR) is 140 cm³/mol. The fraction of sp³-hybridized carbons (Fsp3) is 0.538. The largest absolute Gasteiger partial charge is 0.396 e. The molecular formula is C26H38ClN3O3S. The molecule has 1 heterocycles. The third kappa shape index (κ3) is 8.95. The maximum atomic E-state index is 11.9. The van der Waals surface area contributed by atoms with Crippen molar-refractivity contribution < 1.29 is 13.5 Å². The average Bonchev–Trinajstić information content (AvgIpc) is 2.84. The van der Waals surface area contributed by atoms with Crippen LogP contribution < -0.4 is 4.72 Å². The van der Waals surface area contributed by atoms with Gasteiger partial charge in [0.15, 0.2) is 0 Å². The van der Waals surface area contributed by atoms with Crippen molar-refractivity contribution in [2.24, 2.45) is 0 Å². The van der Waals surface area contributed by atoms with Crippen LogP contribution >= 0.6 is 11.6 Å². The van der Waals surface area contributed by atoms with Crippen LogP contribution in [-0.4, -0.2) is 75.0 Å². The topological polar surface area (TPSA) is 72.9 Å². The number of piperazine rings is 1. The van der Waals surface area contributed by atoms with E-state index >= 15 is 0 Å². The smallest absolute Gasteiger partial charge is 0.211 e. The van der Waals surface area contributed by atoms with Crippen molar-refractivity contribution in [3.05, 3.63) is 70.7 Å². The maximum absolute atomic E-state index is 11.9. The number of unbranched alkanes of at least 4 members (excludes halogenated alkanes) is 3.